The van der Waals surface area contributed by atoms with Gasteiger partial charge < -0.3 is 9.64 Å². The van der Waals surface area contributed by atoms with Gasteiger partial charge in [-0.05, 0) is 26.8 Å². The molecule has 1 heterocycles. The number of likely N-dealkylation sites (tertiary alicyclic amines) is 1. The molecular formula is C11H19F2NO. The zero-order chi connectivity index (χ0) is 11.1. The third-order valence-corrected chi connectivity index (χ3v) is 3.60. The summed E-state index contributed by atoms with van der Waals surface area (Å²) >= 11 is 0. The summed E-state index contributed by atoms with van der Waals surface area (Å²) in [5.41, 5.74) is 0. The van der Waals surface area contributed by atoms with E-state index in [-0.39, 0.29) is 25.0 Å². The molecule has 15 heavy (non-hydrogen) atoms. The second-order valence-electron chi connectivity index (χ2n) is 5.00. The standard InChI is InChI=1S/C11H19F2NO/c1-8-5-9(3-4-14(8)2)15-10-6-11(12,13)7-10/h8-10H,3-7H2,1-2H3/t8-,9?/m1/s1. The van der Waals surface area contributed by atoms with E-state index < -0.39 is 5.92 Å². The molecule has 0 aromatic carbocycles. The highest BCUT2D eigenvalue weighted by molar-refractivity contribution is 4.89. The first-order chi connectivity index (χ1) is 6.96. The average Bonchev–Trinajstić information content (AvgIpc) is 2.08. The van der Waals surface area contributed by atoms with E-state index in [0.29, 0.717) is 6.04 Å². The Morgan fingerprint density at radius 2 is 1.93 bits per heavy atom. The summed E-state index contributed by atoms with van der Waals surface area (Å²) in [6, 6.07) is 0.504. The Morgan fingerprint density at radius 1 is 1.27 bits per heavy atom. The maximum Gasteiger partial charge on any atom is 0.253 e. The predicted molar refractivity (Wildman–Crippen MR) is 54.2 cm³/mol. The summed E-state index contributed by atoms with van der Waals surface area (Å²) in [6.07, 6.45) is 1.79. The average molecular weight is 219 g/mol. The van der Waals surface area contributed by atoms with Gasteiger partial charge in [0.1, 0.15) is 0 Å². The van der Waals surface area contributed by atoms with Gasteiger partial charge in [0, 0.05) is 25.4 Å². The fourth-order valence-electron chi connectivity index (χ4n) is 2.34. The van der Waals surface area contributed by atoms with Crippen molar-refractivity contribution in [2.24, 2.45) is 0 Å². The van der Waals surface area contributed by atoms with Crippen LogP contribution < -0.4 is 0 Å². The molecule has 0 spiro atoms. The molecule has 2 aliphatic rings. The summed E-state index contributed by atoms with van der Waals surface area (Å²) in [5.74, 6) is -2.46. The molecule has 0 aromatic rings. The van der Waals surface area contributed by atoms with Crippen LogP contribution in [0.1, 0.15) is 32.6 Å². The van der Waals surface area contributed by atoms with Crippen molar-refractivity contribution in [3.05, 3.63) is 0 Å². The van der Waals surface area contributed by atoms with Crippen molar-refractivity contribution in [2.45, 2.75) is 56.8 Å². The lowest BCUT2D eigenvalue weighted by Crippen LogP contribution is -2.47. The van der Waals surface area contributed by atoms with Gasteiger partial charge in [0.15, 0.2) is 0 Å². The van der Waals surface area contributed by atoms with Gasteiger partial charge in [0.25, 0.3) is 5.92 Å². The van der Waals surface area contributed by atoms with Crippen LogP contribution in [0.2, 0.25) is 0 Å². The van der Waals surface area contributed by atoms with Crippen LogP contribution in [0.15, 0.2) is 0 Å². The molecule has 2 atom stereocenters. The van der Waals surface area contributed by atoms with E-state index in [4.69, 9.17) is 4.74 Å². The summed E-state index contributed by atoms with van der Waals surface area (Å²) in [5, 5.41) is 0. The highest BCUT2D eigenvalue weighted by Crippen LogP contribution is 2.40. The van der Waals surface area contributed by atoms with E-state index >= 15 is 0 Å². The molecule has 1 unspecified atom stereocenters. The van der Waals surface area contributed by atoms with E-state index in [9.17, 15) is 8.78 Å². The smallest absolute Gasteiger partial charge is 0.253 e. The minimum Gasteiger partial charge on any atom is -0.374 e. The van der Waals surface area contributed by atoms with Gasteiger partial charge in [-0.1, -0.05) is 0 Å². The first-order valence-corrected chi connectivity index (χ1v) is 5.70. The molecule has 88 valence electrons. The van der Waals surface area contributed by atoms with Crippen LogP contribution in [0, 0.1) is 0 Å². The number of ether oxygens (including phenoxy) is 1. The van der Waals surface area contributed by atoms with Crippen molar-refractivity contribution in [2.75, 3.05) is 13.6 Å². The Labute approximate surface area is 89.6 Å². The highest BCUT2D eigenvalue weighted by atomic mass is 19.3. The Morgan fingerprint density at radius 3 is 2.47 bits per heavy atom. The second-order valence-corrected chi connectivity index (χ2v) is 5.00. The molecule has 0 amide bonds. The van der Waals surface area contributed by atoms with Crippen LogP contribution in [0.25, 0.3) is 0 Å². The topological polar surface area (TPSA) is 12.5 Å². The quantitative estimate of drug-likeness (QED) is 0.706. The molecule has 0 N–H and O–H groups in total. The summed E-state index contributed by atoms with van der Waals surface area (Å²) in [7, 11) is 2.10. The molecule has 2 rings (SSSR count). The Balaban J connectivity index is 1.73. The number of hydrogen-bond donors (Lipinski definition) is 0. The molecule has 2 nitrogen and oxygen atoms in total. The Kier molecular flexibility index (Phi) is 2.99. The van der Waals surface area contributed by atoms with E-state index in [1.54, 1.807) is 0 Å². The van der Waals surface area contributed by atoms with Crippen LogP contribution in [0.3, 0.4) is 0 Å². The van der Waals surface area contributed by atoms with Gasteiger partial charge in [-0.3, -0.25) is 0 Å². The Bertz CT molecular complexity index is 227. The summed E-state index contributed by atoms with van der Waals surface area (Å²) in [4.78, 5) is 2.29. The summed E-state index contributed by atoms with van der Waals surface area (Å²) in [6.45, 7) is 3.17. The highest BCUT2D eigenvalue weighted by Gasteiger charge is 2.47. The lowest BCUT2D eigenvalue weighted by Gasteiger charge is -2.41. The zero-order valence-electron chi connectivity index (χ0n) is 9.38. The lowest BCUT2D eigenvalue weighted by molar-refractivity contribution is -0.188. The molecule has 1 saturated heterocycles. The summed E-state index contributed by atoms with van der Waals surface area (Å²) < 4.78 is 30.9. The number of rotatable bonds is 2. The fraction of sp³-hybridized carbons (Fsp3) is 1.00. The van der Waals surface area contributed by atoms with Gasteiger partial charge in [0.05, 0.1) is 12.2 Å². The number of alkyl halides is 2. The number of piperidine rings is 1. The van der Waals surface area contributed by atoms with Gasteiger partial charge in [-0.2, -0.15) is 0 Å². The number of nitrogens with zero attached hydrogens (tertiary/aromatic N) is 1. The first-order valence-electron chi connectivity index (χ1n) is 5.70. The van der Waals surface area contributed by atoms with Crippen LogP contribution >= 0.6 is 0 Å². The maximum atomic E-state index is 12.6. The molecule has 1 aliphatic heterocycles. The molecule has 1 aliphatic carbocycles. The van der Waals surface area contributed by atoms with Crippen molar-refractivity contribution < 1.29 is 13.5 Å². The lowest BCUT2D eigenvalue weighted by atomic mass is 9.90. The van der Waals surface area contributed by atoms with Gasteiger partial charge >= 0.3 is 0 Å². The SMILES string of the molecule is C[C@@H]1CC(OC2CC(F)(F)C2)CCN1C. The van der Waals surface area contributed by atoms with Crippen molar-refractivity contribution in [3.63, 3.8) is 0 Å². The Hall–Kier alpha value is -0.220. The van der Waals surface area contributed by atoms with E-state index in [2.05, 4.69) is 18.9 Å². The minimum absolute atomic E-state index is 0.0757. The molecule has 0 radical (unpaired) electrons. The third-order valence-electron chi connectivity index (χ3n) is 3.60. The fourth-order valence-corrected chi connectivity index (χ4v) is 2.34. The molecule has 1 saturated carbocycles. The van der Waals surface area contributed by atoms with Crippen molar-refractivity contribution in [3.8, 4) is 0 Å². The minimum atomic E-state index is -2.46. The monoisotopic (exact) mass is 219 g/mol. The molecule has 4 heteroatoms. The van der Waals surface area contributed by atoms with Gasteiger partial charge in [0.2, 0.25) is 0 Å². The van der Waals surface area contributed by atoms with Crippen molar-refractivity contribution >= 4 is 0 Å². The maximum absolute atomic E-state index is 12.6. The van der Waals surface area contributed by atoms with Gasteiger partial charge in [-0.25, -0.2) is 8.78 Å². The van der Waals surface area contributed by atoms with Crippen LogP contribution in [0.5, 0.6) is 0 Å². The van der Waals surface area contributed by atoms with Crippen LogP contribution in [-0.2, 0) is 4.74 Å². The normalized spacial score (nSPS) is 37.6. The van der Waals surface area contributed by atoms with Gasteiger partial charge in [-0.15, -0.1) is 0 Å². The number of hydrogen-bond acceptors (Lipinski definition) is 2. The van der Waals surface area contributed by atoms with E-state index in [0.717, 1.165) is 19.4 Å². The first kappa shape index (κ1) is 11.3. The van der Waals surface area contributed by atoms with Crippen LogP contribution in [0.4, 0.5) is 8.78 Å². The third kappa shape index (κ3) is 2.67. The molecule has 0 aromatic heterocycles. The van der Waals surface area contributed by atoms with Crippen LogP contribution in [-0.4, -0.2) is 42.7 Å². The molecule has 0 bridgehead atoms. The number of halogens is 2. The molecule has 2 fully saturated rings. The van der Waals surface area contributed by atoms with Crippen molar-refractivity contribution in [1.29, 1.82) is 0 Å². The predicted octanol–water partition coefficient (Wildman–Crippen LogP) is 2.28. The van der Waals surface area contributed by atoms with E-state index in [1.807, 2.05) is 0 Å². The van der Waals surface area contributed by atoms with E-state index in [1.165, 1.54) is 0 Å². The zero-order valence-corrected chi connectivity index (χ0v) is 9.38. The molecular weight excluding hydrogens is 200 g/mol. The van der Waals surface area contributed by atoms with Crippen molar-refractivity contribution in [1.82, 2.24) is 4.90 Å². The second kappa shape index (κ2) is 3.98. The largest absolute Gasteiger partial charge is 0.374 e.